The number of thiocarbonyl (C=S) groups is 1. The van der Waals surface area contributed by atoms with Gasteiger partial charge >= 0.3 is 0 Å². The van der Waals surface area contributed by atoms with Crippen molar-refractivity contribution in [2.24, 2.45) is 0 Å². The lowest BCUT2D eigenvalue weighted by Gasteiger charge is -2.16. The van der Waals surface area contributed by atoms with Crippen LogP contribution in [0.5, 0.6) is 11.5 Å². The molecule has 8 nitrogen and oxygen atoms in total. The Morgan fingerprint density at radius 3 is 2.35 bits per heavy atom. The molecule has 0 radical (unpaired) electrons. The highest BCUT2D eigenvalue weighted by molar-refractivity contribution is 14.1. The van der Waals surface area contributed by atoms with E-state index in [0.29, 0.717) is 34.4 Å². The number of amides is 1. The smallest absolute Gasteiger partial charge is 0.281 e. The number of likely N-dealkylation sites (N-methyl/N-ethyl adjacent to an activating group) is 1. The summed E-state index contributed by atoms with van der Waals surface area (Å²) >= 11 is 9.94. The van der Waals surface area contributed by atoms with Crippen LogP contribution in [0, 0.1) is 17.3 Å². The zero-order chi connectivity index (χ0) is 26.7. The minimum Gasteiger partial charge on any atom is -0.494 e. The molecule has 37 heavy (non-hydrogen) atoms. The van der Waals surface area contributed by atoms with Crippen LogP contribution in [0.2, 0.25) is 0 Å². The number of benzene rings is 3. The first kappa shape index (κ1) is 27.3. The van der Waals surface area contributed by atoms with Gasteiger partial charge in [0.15, 0.2) is 5.11 Å². The largest absolute Gasteiger partial charge is 0.494 e. The fraction of sp³-hybridized carbons (Fsp3) is 0.154. The molecule has 0 aromatic heterocycles. The first-order valence-electron chi connectivity index (χ1n) is 11.1. The summed E-state index contributed by atoms with van der Waals surface area (Å²) < 4.78 is 13.2. The number of hydrogen-bond acceptors (Lipinski definition) is 6. The van der Waals surface area contributed by atoms with Crippen molar-refractivity contribution in [3.05, 3.63) is 94.7 Å². The molecule has 190 valence electrons. The Bertz CT molecular complexity index is 1390. The molecule has 11 heteroatoms. The molecule has 1 fully saturated rings. The van der Waals surface area contributed by atoms with Gasteiger partial charge in [0.25, 0.3) is 11.6 Å². The highest BCUT2D eigenvalue weighted by Crippen LogP contribution is 2.33. The number of carbonyl (C=O) groups excluding carboxylic acids is 1. The van der Waals surface area contributed by atoms with Gasteiger partial charge < -0.3 is 14.4 Å². The summed E-state index contributed by atoms with van der Waals surface area (Å²) in [6, 6.07) is 17.5. The van der Waals surface area contributed by atoms with Gasteiger partial charge in [0.05, 0.1) is 24.4 Å². The van der Waals surface area contributed by atoms with Gasteiger partial charge in [-0.2, -0.15) is 0 Å². The van der Waals surface area contributed by atoms with Crippen LogP contribution in [-0.4, -0.2) is 34.5 Å². The van der Waals surface area contributed by atoms with Crippen LogP contribution in [0.25, 0.3) is 6.08 Å². The van der Waals surface area contributed by atoms with Crippen molar-refractivity contribution >= 4 is 85.9 Å². The topological polar surface area (TPSA) is 85.1 Å². The molecule has 3 aromatic carbocycles. The molecule has 0 aliphatic carbocycles. The van der Waals surface area contributed by atoms with Gasteiger partial charge in [-0.05, 0) is 118 Å². The Labute approximate surface area is 246 Å². The molecular weight excluding hydrogens is 720 g/mol. The molecule has 0 spiro atoms. The minimum absolute atomic E-state index is 0.0232. The summed E-state index contributed by atoms with van der Waals surface area (Å²) in [5, 5.41) is 11.4. The molecule has 0 saturated carbocycles. The molecular formula is C26H21I2N3O5S. The quantitative estimate of drug-likeness (QED) is 0.0871. The van der Waals surface area contributed by atoms with E-state index >= 15 is 0 Å². The maximum Gasteiger partial charge on any atom is 0.281 e. The molecule has 0 atom stereocenters. The molecule has 1 saturated heterocycles. The van der Waals surface area contributed by atoms with Gasteiger partial charge in [0.2, 0.25) is 0 Å². The standard InChI is InChI=1S/C26H21I2N3O5S/c1-3-35-20-9-7-18(8-10-20)30-25(32)23(29(2)26(30)37)14-17-12-21(27)24(22(28)13-17)36-15-16-5-4-6-19(11-16)31(33)34/h4-14H,3,15H2,1-2H3/b23-14-. The van der Waals surface area contributed by atoms with E-state index in [1.54, 1.807) is 30.2 Å². The van der Waals surface area contributed by atoms with Crippen LogP contribution in [0.3, 0.4) is 0 Å². The second-order valence-electron chi connectivity index (χ2n) is 7.97. The predicted molar refractivity (Wildman–Crippen MR) is 163 cm³/mol. The lowest BCUT2D eigenvalue weighted by molar-refractivity contribution is -0.384. The van der Waals surface area contributed by atoms with E-state index in [-0.39, 0.29) is 18.2 Å². The average Bonchev–Trinajstić information content (AvgIpc) is 3.07. The van der Waals surface area contributed by atoms with Crippen molar-refractivity contribution in [2.45, 2.75) is 13.5 Å². The maximum absolute atomic E-state index is 13.3. The fourth-order valence-corrected chi connectivity index (χ4v) is 6.13. The van der Waals surface area contributed by atoms with Crippen LogP contribution in [0.1, 0.15) is 18.1 Å². The van der Waals surface area contributed by atoms with Gasteiger partial charge in [-0.25, -0.2) is 0 Å². The lowest BCUT2D eigenvalue weighted by Crippen LogP contribution is -2.31. The van der Waals surface area contributed by atoms with Crippen molar-refractivity contribution in [1.82, 2.24) is 4.90 Å². The van der Waals surface area contributed by atoms with Gasteiger partial charge in [-0.15, -0.1) is 0 Å². The predicted octanol–water partition coefficient (Wildman–Crippen LogP) is 6.39. The number of non-ortho nitro benzene ring substituents is 1. The number of nitro benzene ring substituents is 1. The fourth-order valence-electron chi connectivity index (χ4n) is 3.72. The number of halogens is 2. The van der Waals surface area contributed by atoms with Gasteiger partial charge in [-0.3, -0.25) is 19.8 Å². The molecule has 1 heterocycles. The Kier molecular flexibility index (Phi) is 8.64. The van der Waals surface area contributed by atoms with Crippen molar-refractivity contribution in [3.8, 4) is 11.5 Å². The molecule has 1 aliphatic rings. The monoisotopic (exact) mass is 741 g/mol. The average molecular weight is 741 g/mol. The zero-order valence-corrected chi connectivity index (χ0v) is 24.9. The Morgan fingerprint density at radius 2 is 1.73 bits per heavy atom. The summed E-state index contributed by atoms with van der Waals surface area (Å²) in [5.41, 5.74) is 2.67. The van der Waals surface area contributed by atoms with E-state index in [1.165, 1.54) is 17.0 Å². The summed E-state index contributed by atoms with van der Waals surface area (Å²) in [6.45, 7) is 2.67. The molecule has 0 bridgehead atoms. The van der Waals surface area contributed by atoms with Crippen molar-refractivity contribution in [3.63, 3.8) is 0 Å². The van der Waals surface area contributed by atoms with Crippen molar-refractivity contribution in [2.75, 3.05) is 18.6 Å². The van der Waals surface area contributed by atoms with E-state index in [9.17, 15) is 14.9 Å². The third kappa shape index (κ3) is 6.04. The number of ether oxygens (including phenoxy) is 2. The Balaban J connectivity index is 1.55. The van der Waals surface area contributed by atoms with E-state index in [1.807, 2.05) is 43.3 Å². The number of nitrogens with zero attached hydrogens (tertiary/aromatic N) is 3. The highest BCUT2D eigenvalue weighted by Gasteiger charge is 2.36. The third-order valence-electron chi connectivity index (χ3n) is 5.50. The van der Waals surface area contributed by atoms with Crippen LogP contribution < -0.4 is 14.4 Å². The van der Waals surface area contributed by atoms with Crippen molar-refractivity contribution < 1.29 is 19.2 Å². The number of rotatable bonds is 8. The number of carbonyl (C=O) groups is 1. The van der Waals surface area contributed by atoms with Gasteiger partial charge in [0, 0.05) is 19.2 Å². The first-order chi connectivity index (χ1) is 17.7. The van der Waals surface area contributed by atoms with Crippen molar-refractivity contribution in [1.29, 1.82) is 0 Å². The summed E-state index contributed by atoms with van der Waals surface area (Å²) in [6.07, 6.45) is 1.80. The molecule has 3 aromatic rings. The van der Waals surface area contributed by atoms with Gasteiger partial charge in [-0.1, -0.05) is 12.1 Å². The lowest BCUT2D eigenvalue weighted by atomic mass is 10.1. The third-order valence-corrected chi connectivity index (χ3v) is 7.56. The van der Waals surface area contributed by atoms with Crippen LogP contribution in [-0.2, 0) is 11.4 Å². The van der Waals surface area contributed by atoms with Crippen LogP contribution >= 0.6 is 57.4 Å². The van der Waals surface area contributed by atoms with Crippen LogP contribution in [0.4, 0.5) is 11.4 Å². The number of anilines is 1. The summed E-state index contributed by atoms with van der Waals surface area (Å²) in [4.78, 5) is 27.1. The Morgan fingerprint density at radius 1 is 1.05 bits per heavy atom. The molecule has 4 rings (SSSR count). The first-order valence-corrected chi connectivity index (χ1v) is 13.7. The van der Waals surface area contributed by atoms with E-state index in [2.05, 4.69) is 45.2 Å². The van der Waals surface area contributed by atoms with Gasteiger partial charge in [0.1, 0.15) is 23.8 Å². The van der Waals surface area contributed by atoms with Crippen LogP contribution in [0.15, 0.2) is 66.4 Å². The molecule has 1 amide bonds. The van der Waals surface area contributed by atoms with E-state index < -0.39 is 4.92 Å². The second kappa shape index (κ2) is 11.7. The molecule has 0 N–H and O–H groups in total. The number of nitro groups is 1. The highest BCUT2D eigenvalue weighted by atomic mass is 127. The second-order valence-corrected chi connectivity index (χ2v) is 10.7. The molecule has 1 aliphatic heterocycles. The molecule has 0 unspecified atom stereocenters. The Hall–Kier alpha value is -2.78. The SMILES string of the molecule is CCOc1ccc(N2C(=O)/C(=C/c3cc(I)c(OCc4cccc([N+](=O)[O-])c4)c(I)c3)N(C)C2=S)cc1. The number of hydrogen-bond donors (Lipinski definition) is 0. The maximum atomic E-state index is 13.3. The minimum atomic E-state index is -0.427. The zero-order valence-electron chi connectivity index (χ0n) is 19.8. The summed E-state index contributed by atoms with van der Waals surface area (Å²) in [7, 11) is 1.77. The van der Waals surface area contributed by atoms with E-state index in [4.69, 9.17) is 21.7 Å². The summed E-state index contributed by atoms with van der Waals surface area (Å²) in [5.74, 6) is 1.19. The normalized spacial score (nSPS) is 14.4. The van der Waals surface area contributed by atoms with E-state index in [0.717, 1.165) is 18.5 Å².